The molecule has 0 aliphatic heterocycles. The molecule has 1 amide bonds. The molecule has 0 aliphatic rings. The maximum absolute atomic E-state index is 12.0. The number of hydrogen-bond acceptors (Lipinski definition) is 4. The first-order chi connectivity index (χ1) is 11.3. The van der Waals surface area contributed by atoms with E-state index in [4.69, 9.17) is 0 Å². The molecule has 2 aromatic rings. The number of nitrogens with zero attached hydrogens (tertiary/aromatic N) is 1. The fourth-order valence-corrected chi connectivity index (χ4v) is 4.72. The van der Waals surface area contributed by atoms with Gasteiger partial charge in [-0.15, -0.1) is 11.3 Å². The average molecular weight is 427 g/mol. The maximum Gasteiger partial charge on any atom is 0.253 e. The molecule has 5 nitrogen and oxygen atoms in total. The zero-order chi connectivity index (χ0) is 17.7. The van der Waals surface area contributed by atoms with Crippen LogP contribution in [-0.2, 0) is 10.0 Å². The van der Waals surface area contributed by atoms with E-state index >= 15 is 0 Å². The number of carbonyl (C=O) groups is 1. The second kappa shape index (κ2) is 7.94. The summed E-state index contributed by atoms with van der Waals surface area (Å²) in [6.45, 7) is 0.0102. The highest BCUT2D eigenvalue weighted by Crippen LogP contribution is 2.25. The summed E-state index contributed by atoms with van der Waals surface area (Å²) in [6.07, 6.45) is 0. The van der Waals surface area contributed by atoms with Crippen molar-refractivity contribution < 1.29 is 13.2 Å². The van der Waals surface area contributed by atoms with Crippen LogP contribution in [-0.4, -0.2) is 39.9 Å². The van der Waals surface area contributed by atoms with E-state index in [-0.39, 0.29) is 16.7 Å². The minimum absolute atomic E-state index is 0.0102. The molecule has 1 N–H and O–H groups in total. The van der Waals surface area contributed by atoms with Crippen LogP contribution < -0.4 is 4.72 Å². The molecule has 2 rings (SSSR count). The average Bonchev–Trinajstić information content (AvgIpc) is 2.99. The molecular weight excluding hydrogens is 412 g/mol. The first kappa shape index (κ1) is 18.7. The van der Waals surface area contributed by atoms with Crippen molar-refractivity contribution in [2.24, 2.45) is 0 Å². The Hall–Kier alpha value is -1.66. The lowest BCUT2D eigenvalue weighted by Crippen LogP contribution is -2.23. The van der Waals surface area contributed by atoms with Gasteiger partial charge in [-0.2, -0.15) is 4.72 Å². The number of thiophene rings is 1. The van der Waals surface area contributed by atoms with Crippen LogP contribution >= 0.6 is 27.3 Å². The van der Waals surface area contributed by atoms with E-state index < -0.39 is 10.0 Å². The van der Waals surface area contributed by atoms with Crippen LogP contribution in [0.2, 0.25) is 0 Å². The van der Waals surface area contributed by atoms with Crippen LogP contribution in [0.25, 0.3) is 0 Å². The SMILES string of the molecule is CN(C)C(=O)c1ccc(C#CCNS(=O)(=O)c2ccc(Br)s2)cc1. The topological polar surface area (TPSA) is 66.5 Å². The van der Waals surface area contributed by atoms with E-state index in [2.05, 4.69) is 32.5 Å². The molecular formula is C16H15BrN2O3S2. The summed E-state index contributed by atoms with van der Waals surface area (Å²) >= 11 is 4.37. The lowest BCUT2D eigenvalue weighted by molar-refractivity contribution is 0.0827. The van der Waals surface area contributed by atoms with Crippen molar-refractivity contribution in [3.63, 3.8) is 0 Å². The Morgan fingerprint density at radius 1 is 1.21 bits per heavy atom. The van der Waals surface area contributed by atoms with Gasteiger partial charge in [0.25, 0.3) is 15.9 Å². The number of hydrogen-bond donors (Lipinski definition) is 1. The third kappa shape index (κ3) is 4.92. The van der Waals surface area contributed by atoms with Crippen LogP contribution in [0.3, 0.4) is 0 Å². The molecule has 1 aromatic heterocycles. The number of sulfonamides is 1. The summed E-state index contributed by atoms with van der Waals surface area (Å²) in [5.41, 5.74) is 1.29. The summed E-state index contributed by atoms with van der Waals surface area (Å²) in [7, 11) is -0.158. The zero-order valence-corrected chi connectivity index (χ0v) is 16.3. The van der Waals surface area contributed by atoms with Crippen LogP contribution in [0, 0.1) is 11.8 Å². The fourth-order valence-electron chi connectivity index (χ4n) is 1.74. The molecule has 0 spiro atoms. The van der Waals surface area contributed by atoms with Gasteiger partial charge in [0.2, 0.25) is 0 Å². The van der Waals surface area contributed by atoms with E-state index in [1.165, 1.54) is 11.0 Å². The van der Waals surface area contributed by atoms with Crippen molar-refractivity contribution in [1.82, 2.24) is 9.62 Å². The fraction of sp³-hybridized carbons (Fsp3) is 0.188. The summed E-state index contributed by atoms with van der Waals surface area (Å²) in [4.78, 5) is 13.3. The van der Waals surface area contributed by atoms with Gasteiger partial charge in [0.05, 0.1) is 10.3 Å². The van der Waals surface area contributed by atoms with E-state index in [9.17, 15) is 13.2 Å². The molecule has 0 saturated heterocycles. The molecule has 0 radical (unpaired) electrons. The van der Waals surface area contributed by atoms with Crippen LogP contribution in [0.15, 0.2) is 44.4 Å². The minimum atomic E-state index is -3.54. The second-order valence-electron chi connectivity index (χ2n) is 4.96. The highest BCUT2D eigenvalue weighted by Gasteiger charge is 2.14. The Morgan fingerprint density at radius 2 is 1.88 bits per heavy atom. The number of benzene rings is 1. The highest BCUT2D eigenvalue weighted by atomic mass is 79.9. The van der Waals surface area contributed by atoms with Crippen molar-refractivity contribution in [3.05, 3.63) is 51.3 Å². The van der Waals surface area contributed by atoms with Crippen molar-refractivity contribution in [2.75, 3.05) is 20.6 Å². The maximum atomic E-state index is 12.0. The monoisotopic (exact) mass is 426 g/mol. The Labute approximate surface area is 153 Å². The highest BCUT2D eigenvalue weighted by molar-refractivity contribution is 9.11. The first-order valence-electron chi connectivity index (χ1n) is 6.85. The molecule has 8 heteroatoms. The molecule has 1 heterocycles. The van der Waals surface area contributed by atoms with Gasteiger partial charge in [0.15, 0.2) is 0 Å². The van der Waals surface area contributed by atoms with Crippen LogP contribution in [0.1, 0.15) is 15.9 Å². The number of carbonyl (C=O) groups excluding carboxylic acids is 1. The summed E-state index contributed by atoms with van der Waals surface area (Å²) < 4.78 is 27.4. The zero-order valence-electron chi connectivity index (χ0n) is 13.0. The summed E-state index contributed by atoms with van der Waals surface area (Å²) in [5, 5.41) is 0. The molecule has 1 aromatic carbocycles. The lowest BCUT2D eigenvalue weighted by Gasteiger charge is -2.09. The summed E-state index contributed by atoms with van der Waals surface area (Å²) in [5.74, 6) is 5.55. The molecule has 0 fully saturated rings. The van der Waals surface area contributed by atoms with Gasteiger partial charge >= 0.3 is 0 Å². The van der Waals surface area contributed by atoms with Gasteiger partial charge in [0.1, 0.15) is 4.21 Å². The summed E-state index contributed by atoms with van der Waals surface area (Å²) in [6, 6.07) is 10.1. The molecule has 126 valence electrons. The van der Waals surface area contributed by atoms with Crippen LogP contribution in [0.5, 0.6) is 0 Å². The standard InChI is InChI=1S/C16H15BrN2O3S2/c1-19(2)16(20)13-7-5-12(6-8-13)4-3-11-18-24(21,22)15-10-9-14(17)23-15/h5-10,18H,11H2,1-2H3. The van der Waals surface area contributed by atoms with Gasteiger partial charge in [-0.1, -0.05) is 11.8 Å². The number of amides is 1. The van der Waals surface area contributed by atoms with Crippen LogP contribution in [0.4, 0.5) is 0 Å². The molecule has 0 saturated carbocycles. The molecule has 0 bridgehead atoms. The van der Waals surface area contributed by atoms with E-state index in [1.807, 2.05) is 0 Å². The molecule has 24 heavy (non-hydrogen) atoms. The van der Waals surface area contributed by atoms with Gasteiger partial charge in [-0.05, 0) is 52.3 Å². The Morgan fingerprint density at radius 3 is 2.42 bits per heavy atom. The van der Waals surface area contributed by atoms with Gasteiger partial charge in [-0.3, -0.25) is 4.79 Å². The third-order valence-electron chi connectivity index (χ3n) is 2.93. The lowest BCUT2D eigenvalue weighted by atomic mass is 10.1. The Balaban J connectivity index is 1.97. The molecule has 0 unspecified atom stereocenters. The number of rotatable bonds is 4. The first-order valence-corrected chi connectivity index (χ1v) is 9.94. The predicted octanol–water partition coefficient (Wildman–Crippen LogP) is 2.54. The minimum Gasteiger partial charge on any atom is -0.345 e. The Bertz CT molecular complexity index is 891. The van der Waals surface area contributed by atoms with E-state index in [0.29, 0.717) is 11.1 Å². The Kier molecular flexibility index (Phi) is 6.18. The largest absolute Gasteiger partial charge is 0.345 e. The third-order valence-corrected chi connectivity index (χ3v) is 6.45. The number of halogens is 1. The normalized spacial score (nSPS) is 10.8. The molecule has 0 aliphatic carbocycles. The van der Waals surface area contributed by atoms with Gasteiger partial charge < -0.3 is 4.90 Å². The van der Waals surface area contributed by atoms with Crippen molar-refractivity contribution in [3.8, 4) is 11.8 Å². The van der Waals surface area contributed by atoms with Gasteiger partial charge in [-0.25, -0.2) is 8.42 Å². The smallest absolute Gasteiger partial charge is 0.253 e. The number of nitrogens with one attached hydrogen (secondary N) is 1. The van der Waals surface area contributed by atoms with E-state index in [1.54, 1.807) is 44.4 Å². The van der Waals surface area contributed by atoms with Gasteiger partial charge in [0, 0.05) is 25.2 Å². The van der Waals surface area contributed by atoms with E-state index in [0.717, 1.165) is 15.1 Å². The predicted molar refractivity (Wildman–Crippen MR) is 98.5 cm³/mol. The van der Waals surface area contributed by atoms with Crippen molar-refractivity contribution >= 4 is 43.2 Å². The molecule has 0 atom stereocenters. The van der Waals surface area contributed by atoms with Crippen molar-refractivity contribution in [2.45, 2.75) is 4.21 Å². The van der Waals surface area contributed by atoms with Crippen molar-refractivity contribution in [1.29, 1.82) is 0 Å². The quantitative estimate of drug-likeness (QED) is 0.763. The second-order valence-corrected chi connectivity index (χ2v) is 9.42.